The highest BCUT2D eigenvalue weighted by Crippen LogP contribution is 2.40. The fourth-order valence-corrected chi connectivity index (χ4v) is 7.25. The van der Waals surface area contributed by atoms with E-state index in [4.69, 9.17) is 15.0 Å². The first-order valence-electron chi connectivity index (χ1n) is 16.5. The van der Waals surface area contributed by atoms with Gasteiger partial charge < -0.3 is 4.57 Å². The maximum absolute atomic E-state index is 5.27. The molecule has 0 N–H and O–H groups in total. The Bertz CT molecular complexity index is 2750. The monoisotopic (exact) mass is 624 g/mol. The molecule has 0 aliphatic rings. The maximum Gasteiger partial charge on any atom is 0.166 e. The summed E-state index contributed by atoms with van der Waals surface area (Å²) in [7, 11) is 0. The zero-order chi connectivity index (χ0) is 32.3. The van der Waals surface area contributed by atoms with E-state index in [0.717, 1.165) is 55.0 Å². The van der Waals surface area contributed by atoms with Crippen LogP contribution in [0.15, 0.2) is 170 Å². The summed E-state index contributed by atoms with van der Waals surface area (Å²) in [5, 5.41) is 9.35. The van der Waals surface area contributed by atoms with E-state index in [1.54, 1.807) is 0 Å². The van der Waals surface area contributed by atoms with Crippen LogP contribution in [0.25, 0.3) is 94.0 Å². The molecule has 49 heavy (non-hydrogen) atoms. The Labute approximate surface area is 282 Å². The van der Waals surface area contributed by atoms with E-state index in [1.165, 1.54) is 21.5 Å². The third-order valence-electron chi connectivity index (χ3n) is 9.60. The molecule has 0 atom stereocenters. The Morgan fingerprint density at radius 2 is 0.755 bits per heavy atom. The van der Waals surface area contributed by atoms with Gasteiger partial charge in [-0.05, 0) is 57.3 Å². The second-order valence-electron chi connectivity index (χ2n) is 12.5. The third kappa shape index (κ3) is 4.49. The van der Waals surface area contributed by atoms with Crippen molar-refractivity contribution < 1.29 is 0 Å². The van der Waals surface area contributed by atoms with Gasteiger partial charge in [0, 0.05) is 32.8 Å². The molecule has 2 heterocycles. The summed E-state index contributed by atoms with van der Waals surface area (Å²) >= 11 is 0. The normalized spacial score (nSPS) is 11.7. The summed E-state index contributed by atoms with van der Waals surface area (Å²) < 4.78 is 2.39. The van der Waals surface area contributed by atoms with Crippen LogP contribution in [0.5, 0.6) is 0 Å². The minimum atomic E-state index is 0.629. The minimum absolute atomic E-state index is 0.629. The lowest BCUT2D eigenvalue weighted by Gasteiger charge is -2.17. The molecule has 0 fully saturated rings. The van der Waals surface area contributed by atoms with Crippen LogP contribution in [0, 0.1) is 0 Å². The van der Waals surface area contributed by atoms with Crippen molar-refractivity contribution in [2.45, 2.75) is 0 Å². The van der Waals surface area contributed by atoms with Crippen LogP contribution < -0.4 is 0 Å². The van der Waals surface area contributed by atoms with Crippen LogP contribution in [0.4, 0.5) is 0 Å². The number of aromatic nitrogens is 4. The van der Waals surface area contributed by atoms with Gasteiger partial charge in [0.1, 0.15) is 0 Å². The first-order chi connectivity index (χ1) is 24.3. The number of nitrogens with zero attached hydrogens (tertiary/aromatic N) is 4. The van der Waals surface area contributed by atoms with Crippen LogP contribution in [0.2, 0.25) is 0 Å². The van der Waals surface area contributed by atoms with Crippen LogP contribution >= 0.6 is 0 Å². The van der Waals surface area contributed by atoms with Gasteiger partial charge in [-0.25, -0.2) is 15.0 Å². The highest BCUT2D eigenvalue weighted by molar-refractivity contribution is 6.11. The van der Waals surface area contributed by atoms with E-state index < -0.39 is 0 Å². The quantitative estimate of drug-likeness (QED) is 0.196. The van der Waals surface area contributed by atoms with Crippen molar-refractivity contribution in [2.75, 3.05) is 0 Å². The Hall–Kier alpha value is -6.65. The third-order valence-corrected chi connectivity index (χ3v) is 9.60. The molecule has 8 aromatic carbocycles. The van der Waals surface area contributed by atoms with Crippen molar-refractivity contribution in [3.63, 3.8) is 0 Å². The molecule has 2 aromatic heterocycles. The lowest BCUT2D eigenvalue weighted by atomic mass is 10.0. The highest BCUT2D eigenvalue weighted by atomic mass is 15.1. The Kier molecular flexibility index (Phi) is 6.15. The predicted molar refractivity (Wildman–Crippen MR) is 203 cm³/mol. The summed E-state index contributed by atoms with van der Waals surface area (Å²) in [6.45, 7) is 0. The van der Waals surface area contributed by atoms with Gasteiger partial charge in [-0.2, -0.15) is 0 Å². The Morgan fingerprint density at radius 1 is 0.327 bits per heavy atom. The molecule has 0 bridgehead atoms. The van der Waals surface area contributed by atoms with Gasteiger partial charge in [0.2, 0.25) is 0 Å². The van der Waals surface area contributed by atoms with Crippen molar-refractivity contribution in [3.05, 3.63) is 170 Å². The van der Waals surface area contributed by atoms with Gasteiger partial charge in [0.15, 0.2) is 17.5 Å². The van der Waals surface area contributed by atoms with Crippen LogP contribution in [0.3, 0.4) is 0 Å². The molecular formula is C45H28N4. The lowest BCUT2D eigenvalue weighted by Crippen LogP contribution is -2.04. The highest BCUT2D eigenvalue weighted by Gasteiger charge is 2.21. The summed E-state index contributed by atoms with van der Waals surface area (Å²) in [4.78, 5) is 15.7. The molecule has 10 rings (SSSR count). The first-order valence-corrected chi connectivity index (χ1v) is 16.5. The zero-order valence-electron chi connectivity index (χ0n) is 26.5. The van der Waals surface area contributed by atoms with E-state index in [1.807, 2.05) is 0 Å². The van der Waals surface area contributed by atoms with E-state index in [0.29, 0.717) is 17.5 Å². The molecule has 0 saturated heterocycles. The molecule has 0 aliphatic heterocycles. The smallest absolute Gasteiger partial charge is 0.166 e. The summed E-state index contributed by atoms with van der Waals surface area (Å²) in [5.74, 6) is 1.91. The molecule has 228 valence electrons. The molecule has 0 radical (unpaired) electrons. The number of hydrogen-bond acceptors (Lipinski definition) is 3. The van der Waals surface area contributed by atoms with E-state index in [-0.39, 0.29) is 0 Å². The van der Waals surface area contributed by atoms with Gasteiger partial charge in [0.25, 0.3) is 0 Å². The molecule has 0 spiro atoms. The van der Waals surface area contributed by atoms with Crippen molar-refractivity contribution in [2.24, 2.45) is 0 Å². The summed E-state index contributed by atoms with van der Waals surface area (Å²) in [6.07, 6.45) is 0. The molecule has 0 amide bonds. The van der Waals surface area contributed by atoms with Crippen molar-refractivity contribution >= 4 is 54.1 Å². The number of hydrogen-bond donors (Lipinski definition) is 0. The zero-order valence-corrected chi connectivity index (χ0v) is 26.5. The number of rotatable bonds is 4. The molecule has 4 nitrogen and oxygen atoms in total. The largest absolute Gasteiger partial charge is 0.308 e. The second-order valence-corrected chi connectivity index (χ2v) is 12.5. The summed E-state index contributed by atoms with van der Waals surface area (Å²) in [6, 6.07) is 59.8. The standard InChI is InChI=1S/C45H28N4/c1-3-14-32-27-34(23-21-29(32)11-1)43-46-44(35-24-22-30-12-2-4-15-33(30)28-35)48-45(47-43)39-26-25-31-13-5-6-16-36(31)42(39)49-40-19-9-7-17-37(40)38-18-8-10-20-41(38)49/h1-28H. The SMILES string of the molecule is c1ccc2cc(-c3nc(-c4ccc5ccccc5c4)nc(-c4ccc5ccccc5c4-n4c5ccccc5c5ccccc54)n3)ccc2c1. The predicted octanol–water partition coefficient (Wildman–Crippen LogP) is 11.4. The molecule has 10 aromatic rings. The van der Waals surface area contributed by atoms with Crippen molar-refractivity contribution in [3.8, 4) is 39.9 Å². The Balaban J connectivity index is 1.30. The molecule has 0 aliphatic carbocycles. The lowest BCUT2D eigenvalue weighted by molar-refractivity contribution is 1.07. The second kappa shape index (κ2) is 11.0. The number of benzene rings is 8. The topological polar surface area (TPSA) is 43.6 Å². The molecule has 0 saturated carbocycles. The van der Waals surface area contributed by atoms with E-state index >= 15 is 0 Å². The first kappa shape index (κ1) is 27.5. The molecular weight excluding hydrogens is 597 g/mol. The van der Waals surface area contributed by atoms with E-state index in [9.17, 15) is 0 Å². The van der Waals surface area contributed by atoms with Gasteiger partial charge in [-0.15, -0.1) is 0 Å². The minimum Gasteiger partial charge on any atom is -0.308 e. The van der Waals surface area contributed by atoms with Crippen LogP contribution in [-0.2, 0) is 0 Å². The average Bonchev–Trinajstić information content (AvgIpc) is 3.51. The van der Waals surface area contributed by atoms with Gasteiger partial charge >= 0.3 is 0 Å². The van der Waals surface area contributed by atoms with Gasteiger partial charge in [-0.3, -0.25) is 0 Å². The number of fused-ring (bicyclic) bond motifs is 6. The fourth-order valence-electron chi connectivity index (χ4n) is 7.25. The van der Waals surface area contributed by atoms with E-state index in [2.05, 4.69) is 174 Å². The van der Waals surface area contributed by atoms with Crippen molar-refractivity contribution in [1.29, 1.82) is 0 Å². The van der Waals surface area contributed by atoms with Crippen molar-refractivity contribution in [1.82, 2.24) is 19.5 Å². The fraction of sp³-hybridized carbons (Fsp3) is 0. The van der Waals surface area contributed by atoms with Crippen LogP contribution in [0.1, 0.15) is 0 Å². The van der Waals surface area contributed by atoms with Crippen LogP contribution in [-0.4, -0.2) is 19.5 Å². The summed E-state index contributed by atoms with van der Waals surface area (Å²) in [5.41, 5.74) is 6.17. The molecule has 0 unspecified atom stereocenters. The van der Waals surface area contributed by atoms with Gasteiger partial charge in [-0.1, -0.05) is 140 Å². The Morgan fingerprint density at radius 3 is 1.33 bits per heavy atom. The number of para-hydroxylation sites is 2. The molecule has 4 heteroatoms. The maximum atomic E-state index is 5.27. The van der Waals surface area contributed by atoms with Gasteiger partial charge in [0.05, 0.1) is 16.7 Å². The average molecular weight is 625 g/mol.